The smallest absolute Gasteiger partial charge is 0.348 e. The highest BCUT2D eigenvalue weighted by Gasteiger charge is 2.22. The molecule has 2 heterocycles. The average molecular weight is 323 g/mol. The van der Waals surface area contributed by atoms with E-state index < -0.39 is 5.97 Å². The Bertz CT molecular complexity index is 711. The minimum absolute atomic E-state index is 0.242. The van der Waals surface area contributed by atoms with E-state index in [-0.39, 0.29) is 18.4 Å². The van der Waals surface area contributed by atoms with Crippen LogP contribution in [0.1, 0.15) is 29.1 Å². The minimum atomic E-state index is -1.18. The molecular weight excluding hydrogens is 306 g/mol. The number of hydrogen-bond donors (Lipinski definition) is 1. The van der Waals surface area contributed by atoms with Crippen LogP contribution in [0.25, 0.3) is 10.2 Å². The number of nitrogens with zero attached hydrogens (tertiary/aromatic N) is 2. The van der Waals surface area contributed by atoms with Gasteiger partial charge in [-0.1, -0.05) is 13.8 Å². The Balaban J connectivity index is 2.34. The first kappa shape index (κ1) is 16.3. The molecule has 0 aliphatic carbocycles. The number of aryl methyl sites for hydroxylation is 1. The number of esters is 1. The number of aromatic nitrogens is 2. The largest absolute Gasteiger partial charge is 0.544 e. The van der Waals surface area contributed by atoms with Crippen molar-refractivity contribution in [3.05, 3.63) is 16.8 Å². The molecular formula is C14H17N3O4S. The summed E-state index contributed by atoms with van der Waals surface area (Å²) >= 11 is 1.22. The Morgan fingerprint density at radius 3 is 2.77 bits per heavy atom. The number of carbonyl (C=O) groups excluding carboxylic acids is 2. The molecule has 0 atom stereocenters. The summed E-state index contributed by atoms with van der Waals surface area (Å²) in [4.78, 5) is 32.1. The third-order valence-electron chi connectivity index (χ3n) is 2.95. The fourth-order valence-electron chi connectivity index (χ4n) is 1.94. The molecule has 2 N–H and O–H groups in total. The Morgan fingerprint density at radius 2 is 2.14 bits per heavy atom. The van der Waals surface area contributed by atoms with Crippen LogP contribution >= 0.6 is 11.3 Å². The summed E-state index contributed by atoms with van der Waals surface area (Å²) in [5.74, 6) is -0.826. The Labute approximate surface area is 131 Å². The second-order valence-electron chi connectivity index (χ2n) is 5.27. The molecule has 2 aromatic rings. The first-order valence-electron chi connectivity index (χ1n) is 6.84. The molecule has 0 fully saturated rings. The second kappa shape index (κ2) is 6.80. The number of fused-ring (bicyclic) bond motifs is 1. The van der Waals surface area contributed by atoms with Crippen molar-refractivity contribution in [3.8, 4) is 0 Å². The molecule has 0 aliphatic heterocycles. The Hall–Kier alpha value is -2.06. The predicted molar refractivity (Wildman–Crippen MR) is 78.7 cm³/mol. The van der Waals surface area contributed by atoms with Gasteiger partial charge in [-0.25, -0.2) is 9.78 Å². The lowest BCUT2D eigenvalue weighted by Gasteiger charge is -2.06. The van der Waals surface area contributed by atoms with E-state index in [2.05, 4.69) is 9.97 Å². The van der Waals surface area contributed by atoms with Gasteiger partial charge in [0.15, 0.2) is 0 Å². The SMILES string of the molecule is Cc1c(C(=O)OCC(C)C)sc2ncnc([NH2+]CC(=O)[O-])c12. The number of carboxylic acid groups (broad SMARTS) is 1. The molecule has 7 nitrogen and oxygen atoms in total. The molecule has 8 heteroatoms. The lowest BCUT2D eigenvalue weighted by atomic mass is 10.2. The highest BCUT2D eigenvalue weighted by Crippen LogP contribution is 2.32. The van der Waals surface area contributed by atoms with Crippen LogP contribution in [0.2, 0.25) is 0 Å². The first-order valence-corrected chi connectivity index (χ1v) is 7.66. The lowest BCUT2D eigenvalue weighted by Crippen LogP contribution is -2.81. The monoisotopic (exact) mass is 323 g/mol. The van der Waals surface area contributed by atoms with E-state index in [1.54, 1.807) is 6.92 Å². The zero-order valence-electron chi connectivity index (χ0n) is 12.6. The van der Waals surface area contributed by atoms with E-state index in [0.717, 1.165) is 0 Å². The van der Waals surface area contributed by atoms with Gasteiger partial charge in [0.25, 0.3) is 0 Å². The van der Waals surface area contributed by atoms with Crippen molar-refractivity contribution in [3.63, 3.8) is 0 Å². The number of quaternary nitrogens is 1. The number of carboxylic acids is 1. The van der Waals surface area contributed by atoms with Gasteiger partial charge in [-0.15, -0.1) is 11.3 Å². The van der Waals surface area contributed by atoms with Gasteiger partial charge in [0.05, 0.1) is 18.0 Å². The van der Waals surface area contributed by atoms with Gasteiger partial charge < -0.3 is 14.6 Å². The summed E-state index contributed by atoms with van der Waals surface area (Å²) in [6.07, 6.45) is 1.35. The summed E-state index contributed by atoms with van der Waals surface area (Å²) in [5.41, 5.74) is 0.707. The van der Waals surface area contributed by atoms with E-state index in [1.807, 2.05) is 13.8 Å². The molecule has 0 radical (unpaired) electrons. The van der Waals surface area contributed by atoms with E-state index in [9.17, 15) is 14.7 Å². The van der Waals surface area contributed by atoms with Crippen LogP contribution in [0.5, 0.6) is 0 Å². The van der Waals surface area contributed by atoms with Crippen molar-refractivity contribution >= 4 is 39.3 Å². The van der Waals surface area contributed by atoms with Crippen molar-refractivity contribution in [1.29, 1.82) is 0 Å². The molecule has 0 amide bonds. The number of aliphatic carboxylic acids is 1. The lowest BCUT2D eigenvalue weighted by molar-refractivity contribution is -0.571. The van der Waals surface area contributed by atoms with Gasteiger partial charge in [-0.3, -0.25) is 5.32 Å². The van der Waals surface area contributed by atoms with Crippen LogP contribution in [-0.4, -0.2) is 35.1 Å². The summed E-state index contributed by atoms with van der Waals surface area (Å²) < 4.78 is 5.25. The van der Waals surface area contributed by atoms with Crippen LogP contribution < -0.4 is 10.4 Å². The van der Waals surface area contributed by atoms with Gasteiger partial charge in [0.1, 0.15) is 22.6 Å². The highest BCUT2D eigenvalue weighted by molar-refractivity contribution is 7.20. The van der Waals surface area contributed by atoms with Gasteiger partial charge in [-0.2, -0.15) is 4.98 Å². The van der Waals surface area contributed by atoms with Crippen molar-refractivity contribution < 1.29 is 24.7 Å². The molecule has 22 heavy (non-hydrogen) atoms. The number of thiophene rings is 1. The van der Waals surface area contributed by atoms with Gasteiger partial charge in [0.2, 0.25) is 5.82 Å². The molecule has 0 aliphatic rings. The Kier molecular flexibility index (Phi) is 5.04. The molecule has 0 saturated carbocycles. The number of hydrogen-bond acceptors (Lipinski definition) is 7. The Morgan fingerprint density at radius 1 is 1.41 bits per heavy atom. The number of ether oxygens (including phenoxy) is 1. The number of carbonyl (C=O) groups is 2. The van der Waals surface area contributed by atoms with Crippen molar-refractivity contribution in [2.45, 2.75) is 20.8 Å². The van der Waals surface area contributed by atoms with Crippen LogP contribution in [0.3, 0.4) is 0 Å². The van der Waals surface area contributed by atoms with Crippen molar-refractivity contribution in [2.24, 2.45) is 5.92 Å². The predicted octanol–water partition coefficient (Wildman–Crippen LogP) is -0.243. The zero-order chi connectivity index (χ0) is 16.3. The molecule has 0 spiro atoms. The zero-order valence-corrected chi connectivity index (χ0v) is 13.4. The van der Waals surface area contributed by atoms with E-state index in [4.69, 9.17) is 4.74 Å². The van der Waals surface area contributed by atoms with E-state index in [0.29, 0.717) is 33.1 Å². The third kappa shape index (κ3) is 3.58. The maximum absolute atomic E-state index is 12.1. The minimum Gasteiger partial charge on any atom is -0.544 e. The van der Waals surface area contributed by atoms with E-state index in [1.165, 1.54) is 23.0 Å². The summed E-state index contributed by atoms with van der Waals surface area (Å²) in [5, 5.41) is 12.7. The second-order valence-corrected chi connectivity index (χ2v) is 6.27. The summed E-state index contributed by atoms with van der Waals surface area (Å²) in [6.45, 7) is 5.81. The standard InChI is InChI=1S/C14H17N3O4S/c1-7(2)5-21-14(20)11-8(3)10-12(15-4-9(18)19)16-6-17-13(10)22-11/h6-7H,4-5H2,1-3H3,(H,18,19)(H,15,16,17). The third-order valence-corrected chi connectivity index (χ3v) is 4.13. The quantitative estimate of drug-likeness (QED) is 0.735. The normalized spacial score (nSPS) is 11.1. The fraction of sp³-hybridized carbons (Fsp3) is 0.429. The number of nitrogens with two attached hydrogens (primary N) is 1. The van der Waals surface area contributed by atoms with Gasteiger partial charge in [-0.05, 0) is 18.4 Å². The van der Waals surface area contributed by atoms with Crippen LogP contribution in [-0.2, 0) is 9.53 Å². The van der Waals surface area contributed by atoms with Crippen molar-refractivity contribution in [1.82, 2.24) is 9.97 Å². The van der Waals surface area contributed by atoms with Crippen LogP contribution in [0.4, 0.5) is 5.82 Å². The maximum atomic E-state index is 12.1. The molecule has 0 saturated heterocycles. The van der Waals surface area contributed by atoms with Gasteiger partial charge in [0, 0.05) is 0 Å². The molecule has 0 aromatic carbocycles. The highest BCUT2D eigenvalue weighted by atomic mass is 32.1. The number of rotatable bonds is 6. The molecule has 0 unspecified atom stereocenters. The van der Waals surface area contributed by atoms with E-state index >= 15 is 0 Å². The van der Waals surface area contributed by atoms with Gasteiger partial charge >= 0.3 is 5.97 Å². The van der Waals surface area contributed by atoms with Crippen molar-refractivity contribution in [2.75, 3.05) is 13.2 Å². The molecule has 118 valence electrons. The topological polar surface area (TPSA) is 109 Å². The van der Waals surface area contributed by atoms with Crippen LogP contribution in [0, 0.1) is 12.8 Å². The fourth-order valence-corrected chi connectivity index (χ4v) is 2.99. The molecule has 2 rings (SSSR count). The molecule has 0 bridgehead atoms. The summed E-state index contributed by atoms with van der Waals surface area (Å²) in [7, 11) is 0. The maximum Gasteiger partial charge on any atom is 0.348 e. The van der Waals surface area contributed by atoms with Crippen LogP contribution in [0.15, 0.2) is 6.33 Å². The first-order chi connectivity index (χ1) is 10.4. The summed E-state index contributed by atoms with van der Waals surface area (Å²) in [6, 6.07) is 0. The average Bonchev–Trinajstić information content (AvgIpc) is 2.80. The molecule has 2 aromatic heterocycles.